The van der Waals surface area contributed by atoms with Crippen LogP contribution in [0.2, 0.25) is 5.02 Å². The van der Waals surface area contributed by atoms with Crippen LogP contribution in [-0.2, 0) is 6.54 Å². The summed E-state index contributed by atoms with van der Waals surface area (Å²) in [7, 11) is 1.52. The Morgan fingerprint density at radius 3 is 2.56 bits per heavy atom. The Morgan fingerprint density at radius 1 is 1.20 bits per heavy atom. The summed E-state index contributed by atoms with van der Waals surface area (Å²) in [6.45, 7) is 2.91. The van der Waals surface area contributed by atoms with Gasteiger partial charge in [0.05, 0.1) is 7.11 Å². The maximum absolute atomic E-state index is 11.4. The molecule has 0 bridgehead atoms. The summed E-state index contributed by atoms with van der Waals surface area (Å²) in [5.41, 5.74) is 1.69. The molecule has 0 saturated heterocycles. The van der Waals surface area contributed by atoms with Gasteiger partial charge in [0.1, 0.15) is 25.8 Å². The van der Waals surface area contributed by atoms with Gasteiger partial charge in [0, 0.05) is 16.1 Å². The van der Waals surface area contributed by atoms with Crippen molar-refractivity contribution in [2.45, 2.75) is 19.6 Å². The lowest BCUT2D eigenvalue weighted by Crippen LogP contribution is -2.85. The number of aliphatic hydroxyl groups is 1. The van der Waals surface area contributed by atoms with E-state index in [-0.39, 0.29) is 12.4 Å². The number of rotatable bonds is 9. The summed E-state index contributed by atoms with van der Waals surface area (Å²) in [4.78, 5) is 11.4. The number of nitrogens with two attached hydrogens (primary N) is 1. The third-order valence-electron chi connectivity index (χ3n) is 3.73. The number of halogens is 1. The number of carbonyl (C=O) groups is 1. The second-order valence-electron chi connectivity index (χ2n) is 5.74. The smallest absolute Gasteiger partial charge is 0.161 e. The zero-order valence-corrected chi connectivity index (χ0v) is 15.1. The zero-order valence-electron chi connectivity index (χ0n) is 14.4. The van der Waals surface area contributed by atoms with Crippen molar-refractivity contribution >= 4 is 17.4 Å². The summed E-state index contributed by atoms with van der Waals surface area (Å²) >= 11 is 5.85. The van der Waals surface area contributed by atoms with Crippen molar-refractivity contribution in [1.82, 2.24) is 0 Å². The van der Waals surface area contributed by atoms with E-state index >= 15 is 0 Å². The van der Waals surface area contributed by atoms with Crippen molar-refractivity contribution in [3.63, 3.8) is 0 Å². The average molecular weight is 365 g/mol. The molecule has 2 aromatic carbocycles. The first-order valence-corrected chi connectivity index (χ1v) is 8.43. The molecule has 0 aliphatic carbocycles. The highest BCUT2D eigenvalue weighted by Crippen LogP contribution is 2.28. The highest BCUT2D eigenvalue weighted by atomic mass is 35.5. The number of ether oxygens (including phenoxy) is 2. The van der Waals surface area contributed by atoms with Crippen LogP contribution in [0, 0.1) is 0 Å². The number of quaternary nitrogens is 1. The van der Waals surface area contributed by atoms with Crippen LogP contribution in [-0.4, -0.2) is 37.3 Å². The van der Waals surface area contributed by atoms with E-state index in [1.54, 1.807) is 18.2 Å². The van der Waals surface area contributed by atoms with E-state index in [2.05, 4.69) is 0 Å². The second-order valence-corrected chi connectivity index (χ2v) is 6.18. The molecule has 0 aliphatic rings. The Balaban J connectivity index is 1.80. The maximum Gasteiger partial charge on any atom is 0.161 e. The summed E-state index contributed by atoms with van der Waals surface area (Å²) in [6, 6.07) is 12.6. The molecule has 0 heterocycles. The first-order chi connectivity index (χ1) is 12.0. The average Bonchev–Trinajstić information content (AvgIpc) is 2.61. The van der Waals surface area contributed by atoms with Gasteiger partial charge >= 0.3 is 0 Å². The summed E-state index contributed by atoms with van der Waals surface area (Å²) < 4.78 is 10.9. The summed E-state index contributed by atoms with van der Waals surface area (Å²) in [6.07, 6.45) is -0.621. The molecule has 0 saturated carbocycles. The second kappa shape index (κ2) is 9.42. The molecule has 3 N–H and O–H groups in total. The number of carbonyl (C=O) groups excluding carboxylic acids is 1. The molecular weight excluding hydrogens is 342 g/mol. The van der Waals surface area contributed by atoms with E-state index in [9.17, 15) is 9.90 Å². The van der Waals surface area contributed by atoms with Crippen LogP contribution in [0.15, 0.2) is 42.5 Å². The molecule has 0 radical (unpaired) electrons. The van der Waals surface area contributed by atoms with Gasteiger partial charge in [-0.1, -0.05) is 23.7 Å². The van der Waals surface area contributed by atoms with E-state index in [4.69, 9.17) is 21.1 Å². The van der Waals surface area contributed by atoms with Gasteiger partial charge in [0.2, 0.25) is 0 Å². The minimum absolute atomic E-state index is 0.0401. The third kappa shape index (κ3) is 6.05. The maximum atomic E-state index is 11.4. The number of hydrogen-bond donors (Lipinski definition) is 2. The number of hydrogen-bond acceptors (Lipinski definition) is 4. The minimum atomic E-state index is -0.621. The van der Waals surface area contributed by atoms with Gasteiger partial charge in [0.15, 0.2) is 17.3 Å². The van der Waals surface area contributed by atoms with Crippen molar-refractivity contribution in [2.24, 2.45) is 0 Å². The quantitative estimate of drug-likeness (QED) is 0.668. The molecule has 2 aromatic rings. The lowest BCUT2D eigenvalue weighted by molar-refractivity contribution is -0.676. The van der Waals surface area contributed by atoms with Gasteiger partial charge < -0.3 is 19.9 Å². The molecule has 134 valence electrons. The highest BCUT2D eigenvalue weighted by molar-refractivity contribution is 6.30. The predicted molar refractivity (Wildman–Crippen MR) is 96.4 cm³/mol. The highest BCUT2D eigenvalue weighted by Gasteiger charge is 2.12. The fraction of sp³-hybridized carbons (Fsp3) is 0.316. The lowest BCUT2D eigenvalue weighted by atomic mass is 10.1. The fourth-order valence-electron chi connectivity index (χ4n) is 2.32. The summed E-state index contributed by atoms with van der Waals surface area (Å²) in [5.74, 6) is 0.941. The molecule has 0 aromatic heterocycles. The van der Waals surface area contributed by atoms with Gasteiger partial charge in [-0.15, -0.1) is 0 Å². The van der Waals surface area contributed by atoms with E-state index < -0.39 is 6.10 Å². The standard InChI is InChI=1S/C19H22ClNO4/c1-13(22)15-5-8-18(19(9-15)24-2)25-12-17(23)11-21-10-14-3-6-16(20)7-4-14/h3-9,17,21,23H,10-12H2,1-2H3/p+1/t17-/m0/s1. The molecule has 2 rings (SSSR count). The lowest BCUT2D eigenvalue weighted by Gasteiger charge is -2.14. The van der Waals surface area contributed by atoms with Crippen LogP contribution in [0.1, 0.15) is 22.8 Å². The number of methoxy groups -OCH3 is 1. The van der Waals surface area contributed by atoms with Gasteiger partial charge in [0.25, 0.3) is 0 Å². The first kappa shape index (κ1) is 19.2. The Morgan fingerprint density at radius 2 is 1.92 bits per heavy atom. The van der Waals surface area contributed by atoms with Gasteiger partial charge in [-0.25, -0.2) is 0 Å². The Hall–Kier alpha value is -2.08. The van der Waals surface area contributed by atoms with Gasteiger partial charge in [-0.2, -0.15) is 0 Å². The SMILES string of the molecule is COc1cc(C(C)=O)ccc1OC[C@@H](O)C[NH2+]Cc1ccc(Cl)cc1. The van der Waals surface area contributed by atoms with Crippen LogP contribution in [0.4, 0.5) is 0 Å². The number of Topliss-reactive ketones (excluding diaryl/α,β-unsaturated/α-hetero) is 1. The molecular formula is C19H23ClNO4+. The van der Waals surface area contributed by atoms with Gasteiger partial charge in [-0.05, 0) is 37.3 Å². The van der Waals surface area contributed by atoms with Crippen LogP contribution in [0.5, 0.6) is 11.5 Å². The number of aliphatic hydroxyl groups excluding tert-OH is 1. The van der Waals surface area contributed by atoms with E-state index in [1.165, 1.54) is 14.0 Å². The molecule has 0 fully saturated rings. The van der Waals surface area contributed by atoms with E-state index in [0.29, 0.717) is 28.6 Å². The Kier molecular flexibility index (Phi) is 7.25. The fourth-order valence-corrected chi connectivity index (χ4v) is 2.45. The molecule has 5 nitrogen and oxygen atoms in total. The van der Waals surface area contributed by atoms with Crippen molar-refractivity contribution in [2.75, 3.05) is 20.3 Å². The summed E-state index contributed by atoms with van der Waals surface area (Å²) in [5, 5.41) is 12.8. The third-order valence-corrected chi connectivity index (χ3v) is 3.99. The molecule has 0 amide bonds. The van der Waals surface area contributed by atoms with Crippen LogP contribution < -0.4 is 14.8 Å². The Labute approximate surface area is 152 Å². The first-order valence-electron chi connectivity index (χ1n) is 8.05. The molecule has 1 atom stereocenters. The zero-order chi connectivity index (χ0) is 18.2. The largest absolute Gasteiger partial charge is 0.493 e. The molecule has 0 aliphatic heterocycles. The predicted octanol–water partition coefficient (Wildman–Crippen LogP) is 2.05. The monoisotopic (exact) mass is 364 g/mol. The molecule has 0 unspecified atom stereocenters. The van der Waals surface area contributed by atoms with E-state index in [0.717, 1.165) is 12.1 Å². The topological polar surface area (TPSA) is 72.4 Å². The molecule has 0 spiro atoms. The van der Waals surface area contributed by atoms with Crippen molar-refractivity contribution in [1.29, 1.82) is 0 Å². The van der Waals surface area contributed by atoms with Crippen LogP contribution in [0.25, 0.3) is 0 Å². The van der Waals surface area contributed by atoms with Crippen molar-refractivity contribution in [3.05, 3.63) is 58.6 Å². The van der Waals surface area contributed by atoms with Crippen molar-refractivity contribution < 1.29 is 24.7 Å². The van der Waals surface area contributed by atoms with Gasteiger partial charge in [-0.3, -0.25) is 4.79 Å². The van der Waals surface area contributed by atoms with Crippen LogP contribution in [0.3, 0.4) is 0 Å². The number of benzene rings is 2. The molecule has 6 heteroatoms. The number of ketones is 1. The van der Waals surface area contributed by atoms with Crippen LogP contribution >= 0.6 is 11.6 Å². The molecule has 25 heavy (non-hydrogen) atoms. The van der Waals surface area contributed by atoms with Crippen molar-refractivity contribution in [3.8, 4) is 11.5 Å². The van der Waals surface area contributed by atoms with E-state index in [1.807, 2.05) is 29.6 Å². The normalized spacial score (nSPS) is 11.8. The minimum Gasteiger partial charge on any atom is -0.493 e. The Bertz CT molecular complexity index is 703.